The van der Waals surface area contributed by atoms with E-state index in [1.54, 1.807) is 12.4 Å². The second-order valence-electron chi connectivity index (χ2n) is 3.49. The minimum absolute atomic E-state index is 0.0689. The predicted octanol–water partition coefficient (Wildman–Crippen LogP) is 1.80. The van der Waals surface area contributed by atoms with E-state index in [9.17, 15) is 10.1 Å². The van der Waals surface area contributed by atoms with E-state index in [2.05, 4.69) is 15.3 Å². The average Bonchev–Trinajstić information content (AvgIpc) is 2.88. The van der Waals surface area contributed by atoms with E-state index in [4.69, 9.17) is 5.26 Å². The third-order valence-electron chi connectivity index (χ3n) is 2.32. The summed E-state index contributed by atoms with van der Waals surface area (Å²) < 4.78 is 0. The fourth-order valence-electron chi connectivity index (χ4n) is 1.48. The number of aromatic amines is 1. The topological polar surface area (TPSA) is 108 Å². The number of imidazole rings is 1. The molecule has 0 amide bonds. The molecule has 0 saturated heterocycles. The number of hydrogen-bond donors (Lipinski definition) is 2. The molecular weight excluding hydrogens is 234 g/mol. The summed E-state index contributed by atoms with van der Waals surface area (Å²) in [5.41, 5.74) is 0.596. The smallest absolute Gasteiger partial charge is 0.292 e. The highest BCUT2D eigenvalue weighted by atomic mass is 16.6. The van der Waals surface area contributed by atoms with Crippen LogP contribution < -0.4 is 5.32 Å². The average molecular weight is 243 g/mol. The van der Waals surface area contributed by atoms with E-state index < -0.39 is 4.92 Å². The third-order valence-corrected chi connectivity index (χ3v) is 2.32. The molecule has 1 aromatic carbocycles. The molecule has 0 atom stereocenters. The summed E-state index contributed by atoms with van der Waals surface area (Å²) in [5.74, 6) is 0.659. The molecule has 90 valence electrons. The molecular formula is C11H9N5O2. The molecule has 7 heteroatoms. The van der Waals surface area contributed by atoms with E-state index >= 15 is 0 Å². The Bertz CT molecular complexity index is 600. The molecule has 0 bridgehead atoms. The number of benzene rings is 1. The van der Waals surface area contributed by atoms with Gasteiger partial charge in [0, 0.05) is 18.5 Å². The molecule has 0 spiro atoms. The minimum Gasteiger partial charge on any atom is -0.372 e. The first-order chi connectivity index (χ1) is 8.70. The van der Waals surface area contributed by atoms with Gasteiger partial charge in [0.1, 0.15) is 11.5 Å². The Hall–Kier alpha value is -2.88. The van der Waals surface area contributed by atoms with Gasteiger partial charge < -0.3 is 10.3 Å². The van der Waals surface area contributed by atoms with Crippen LogP contribution in [0.5, 0.6) is 0 Å². The summed E-state index contributed by atoms with van der Waals surface area (Å²) in [6.07, 6.45) is 3.26. The zero-order valence-electron chi connectivity index (χ0n) is 9.25. The van der Waals surface area contributed by atoms with Gasteiger partial charge in [-0.2, -0.15) is 5.26 Å². The summed E-state index contributed by atoms with van der Waals surface area (Å²) in [5, 5.41) is 22.5. The molecule has 1 heterocycles. The highest BCUT2D eigenvalue weighted by Crippen LogP contribution is 2.25. The number of nitro benzene ring substituents is 1. The number of hydrogen-bond acceptors (Lipinski definition) is 5. The van der Waals surface area contributed by atoms with Crippen LogP contribution in [0.1, 0.15) is 11.4 Å². The van der Waals surface area contributed by atoms with Crippen molar-refractivity contribution in [2.75, 3.05) is 5.32 Å². The van der Waals surface area contributed by atoms with Crippen LogP contribution in [0.15, 0.2) is 30.6 Å². The molecule has 7 nitrogen and oxygen atoms in total. The fourth-order valence-corrected chi connectivity index (χ4v) is 1.48. The van der Waals surface area contributed by atoms with Gasteiger partial charge in [-0.25, -0.2) is 4.98 Å². The van der Waals surface area contributed by atoms with Crippen molar-refractivity contribution in [2.24, 2.45) is 0 Å². The lowest BCUT2D eigenvalue weighted by atomic mass is 10.2. The highest BCUT2D eigenvalue weighted by Gasteiger charge is 2.14. The maximum atomic E-state index is 10.8. The van der Waals surface area contributed by atoms with Crippen LogP contribution in [0.4, 0.5) is 11.4 Å². The minimum atomic E-state index is -0.494. The van der Waals surface area contributed by atoms with Crippen molar-refractivity contribution in [1.82, 2.24) is 9.97 Å². The molecule has 0 fully saturated rings. The third kappa shape index (κ3) is 2.44. The normalized spacial score (nSPS) is 9.72. The van der Waals surface area contributed by atoms with Gasteiger partial charge in [0.15, 0.2) is 0 Å². The van der Waals surface area contributed by atoms with E-state index in [0.717, 1.165) is 0 Å². The Kier molecular flexibility index (Phi) is 3.20. The number of nitro groups is 1. The summed E-state index contributed by atoms with van der Waals surface area (Å²) >= 11 is 0. The van der Waals surface area contributed by atoms with Crippen LogP contribution in [0.2, 0.25) is 0 Å². The number of H-pyrrole nitrogens is 1. The van der Waals surface area contributed by atoms with Crippen molar-refractivity contribution >= 4 is 11.4 Å². The lowest BCUT2D eigenvalue weighted by molar-refractivity contribution is -0.384. The van der Waals surface area contributed by atoms with E-state index in [1.807, 2.05) is 6.07 Å². The Morgan fingerprint density at radius 2 is 2.39 bits per heavy atom. The number of anilines is 1. The van der Waals surface area contributed by atoms with Gasteiger partial charge in [-0.3, -0.25) is 10.1 Å². The Morgan fingerprint density at radius 1 is 1.56 bits per heavy atom. The molecule has 0 unspecified atom stereocenters. The molecule has 2 aromatic rings. The SMILES string of the molecule is N#Cc1ccc([N+](=O)[O-])c(NCc2ncc[nH]2)c1. The van der Waals surface area contributed by atoms with Crippen molar-refractivity contribution < 1.29 is 4.92 Å². The van der Waals surface area contributed by atoms with Gasteiger partial charge in [0.05, 0.1) is 23.1 Å². The monoisotopic (exact) mass is 243 g/mol. The van der Waals surface area contributed by atoms with E-state index in [1.165, 1.54) is 18.2 Å². The van der Waals surface area contributed by atoms with Gasteiger partial charge in [0.2, 0.25) is 0 Å². The second-order valence-corrected chi connectivity index (χ2v) is 3.49. The lowest BCUT2D eigenvalue weighted by Crippen LogP contribution is -2.04. The van der Waals surface area contributed by atoms with Gasteiger partial charge >= 0.3 is 0 Å². The Labute approximate surface area is 102 Å². The highest BCUT2D eigenvalue weighted by molar-refractivity contribution is 5.64. The number of rotatable bonds is 4. The van der Waals surface area contributed by atoms with Gasteiger partial charge in [0.25, 0.3) is 5.69 Å². The molecule has 18 heavy (non-hydrogen) atoms. The molecule has 0 saturated carbocycles. The lowest BCUT2D eigenvalue weighted by Gasteiger charge is -2.05. The molecule has 2 N–H and O–H groups in total. The molecule has 0 aliphatic heterocycles. The van der Waals surface area contributed by atoms with Crippen LogP contribution in [-0.4, -0.2) is 14.9 Å². The molecule has 0 radical (unpaired) electrons. The van der Waals surface area contributed by atoms with Crippen molar-refractivity contribution in [3.63, 3.8) is 0 Å². The first kappa shape index (κ1) is 11.6. The largest absolute Gasteiger partial charge is 0.372 e. The number of aromatic nitrogens is 2. The van der Waals surface area contributed by atoms with E-state index in [0.29, 0.717) is 23.6 Å². The van der Waals surface area contributed by atoms with Crippen LogP contribution in [0.3, 0.4) is 0 Å². The summed E-state index contributed by atoms with van der Waals surface area (Å²) in [6.45, 7) is 0.322. The second kappa shape index (κ2) is 4.97. The quantitative estimate of drug-likeness (QED) is 0.628. The molecule has 0 aliphatic carbocycles. The van der Waals surface area contributed by atoms with Crippen molar-refractivity contribution in [2.45, 2.75) is 6.54 Å². The number of nitrogens with one attached hydrogen (secondary N) is 2. The van der Waals surface area contributed by atoms with Crippen LogP contribution in [0.25, 0.3) is 0 Å². The van der Waals surface area contributed by atoms with E-state index in [-0.39, 0.29) is 5.69 Å². The van der Waals surface area contributed by atoms with Gasteiger partial charge in [-0.05, 0) is 12.1 Å². The van der Waals surface area contributed by atoms with Crippen molar-refractivity contribution in [3.8, 4) is 6.07 Å². The maximum absolute atomic E-state index is 10.8. The van der Waals surface area contributed by atoms with Crippen molar-refractivity contribution in [3.05, 3.63) is 52.1 Å². The van der Waals surface area contributed by atoms with Crippen LogP contribution in [-0.2, 0) is 6.54 Å². The summed E-state index contributed by atoms with van der Waals surface area (Å²) in [4.78, 5) is 17.2. The standard InChI is InChI=1S/C11H9N5O2/c12-6-8-1-2-10(16(17)18)9(5-8)15-7-11-13-3-4-14-11/h1-5,15H,7H2,(H,13,14). The Morgan fingerprint density at radius 3 is 3.00 bits per heavy atom. The molecule has 2 rings (SSSR count). The Balaban J connectivity index is 2.24. The predicted molar refractivity (Wildman–Crippen MR) is 63.7 cm³/mol. The number of nitrogens with zero attached hydrogens (tertiary/aromatic N) is 3. The van der Waals surface area contributed by atoms with Crippen LogP contribution >= 0.6 is 0 Å². The molecule has 1 aromatic heterocycles. The summed E-state index contributed by atoms with van der Waals surface area (Å²) in [7, 11) is 0. The van der Waals surface area contributed by atoms with Crippen molar-refractivity contribution in [1.29, 1.82) is 5.26 Å². The maximum Gasteiger partial charge on any atom is 0.292 e. The van der Waals surface area contributed by atoms with Gasteiger partial charge in [-0.1, -0.05) is 0 Å². The first-order valence-electron chi connectivity index (χ1n) is 5.11. The molecule has 0 aliphatic rings. The zero-order chi connectivity index (χ0) is 13.0. The van der Waals surface area contributed by atoms with Crippen LogP contribution in [0, 0.1) is 21.4 Å². The number of nitriles is 1. The van der Waals surface area contributed by atoms with Gasteiger partial charge in [-0.15, -0.1) is 0 Å². The first-order valence-corrected chi connectivity index (χ1v) is 5.11. The fraction of sp³-hybridized carbons (Fsp3) is 0.0909. The zero-order valence-corrected chi connectivity index (χ0v) is 9.25. The summed E-state index contributed by atoms with van der Waals surface area (Å²) in [6, 6.07) is 6.11.